The van der Waals surface area contributed by atoms with E-state index < -0.39 is 10.0 Å². The van der Waals surface area contributed by atoms with Gasteiger partial charge in [0.05, 0.1) is 26.3 Å². The van der Waals surface area contributed by atoms with Crippen LogP contribution >= 0.6 is 22.7 Å². The lowest BCUT2D eigenvalue weighted by Crippen LogP contribution is -2.40. The third-order valence-electron chi connectivity index (χ3n) is 3.84. The summed E-state index contributed by atoms with van der Waals surface area (Å²) in [6, 6.07) is 7.06. The molecule has 3 rings (SSSR count). The number of nitrogens with one attached hydrogen (secondary N) is 2. The molecular formula is C16H21N3O4S3. The third-order valence-corrected chi connectivity index (χ3v) is 8.30. The number of nitrogens with zero attached hydrogens (tertiary/aromatic N) is 1. The van der Waals surface area contributed by atoms with Gasteiger partial charge in [0.15, 0.2) is 0 Å². The largest absolute Gasteiger partial charge is 0.379 e. The molecule has 1 aliphatic rings. The van der Waals surface area contributed by atoms with E-state index in [1.54, 1.807) is 23.5 Å². The van der Waals surface area contributed by atoms with Gasteiger partial charge in [-0.05, 0) is 31.2 Å². The van der Waals surface area contributed by atoms with Gasteiger partial charge in [0.1, 0.15) is 4.21 Å². The van der Waals surface area contributed by atoms with E-state index in [1.165, 1.54) is 20.5 Å². The number of thiophene rings is 2. The highest BCUT2D eigenvalue weighted by Crippen LogP contribution is 2.25. The lowest BCUT2D eigenvalue weighted by molar-refractivity contribution is 0.0731. The molecule has 0 radical (unpaired) electrons. The van der Waals surface area contributed by atoms with Crippen LogP contribution in [-0.2, 0) is 27.8 Å². The summed E-state index contributed by atoms with van der Waals surface area (Å²) in [7, 11) is -3.48. The number of hydrogen-bond acceptors (Lipinski definition) is 6. The molecule has 1 saturated heterocycles. The van der Waals surface area contributed by atoms with Crippen LogP contribution in [0.2, 0.25) is 0 Å². The van der Waals surface area contributed by atoms with Crippen LogP contribution in [0, 0.1) is 6.92 Å². The van der Waals surface area contributed by atoms with E-state index in [-0.39, 0.29) is 6.03 Å². The summed E-state index contributed by atoms with van der Waals surface area (Å²) in [5.74, 6) is 0. The van der Waals surface area contributed by atoms with Crippen molar-refractivity contribution in [3.8, 4) is 0 Å². The van der Waals surface area contributed by atoms with E-state index in [2.05, 4.69) is 10.6 Å². The maximum atomic E-state index is 12.6. The van der Waals surface area contributed by atoms with Gasteiger partial charge < -0.3 is 15.4 Å². The molecule has 3 heterocycles. The fourth-order valence-corrected chi connectivity index (χ4v) is 6.17. The molecule has 26 heavy (non-hydrogen) atoms. The Morgan fingerprint density at radius 2 is 1.69 bits per heavy atom. The van der Waals surface area contributed by atoms with Crippen molar-refractivity contribution in [2.75, 3.05) is 26.3 Å². The van der Waals surface area contributed by atoms with Gasteiger partial charge in [-0.3, -0.25) is 0 Å². The van der Waals surface area contributed by atoms with Gasteiger partial charge >= 0.3 is 6.03 Å². The number of carbonyl (C=O) groups excluding carboxylic acids is 1. The smallest absolute Gasteiger partial charge is 0.315 e. The van der Waals surface area contributed by atoms with E-state index in [0.717, 1.165) is 9.75 Å². The maximum absolute atomic E-state index is 12.6. The van der Waals surface area contributed by atoms with Crippen LogP contribution in [0.25, 0.3) is 0 Å². The molecule has 0 aromatic carbocycles. The van der Waals surface area contributed by atoms with Crippen molar-refractivity contribution in [3.05, 3.63) is 38.9 Å². The number of urea groups is 1. The van der Waals surface area contributed by atoms with Crippen molar-refractivity contribution in [2.24, 2.45) is 0 Å². The van der Waals surface area contributed by atoms with Gasteiger partial charge in [0, 0.05) is 27.7 Å². The minimum atomic E-state index is -3.48. The van der Waals surface area contributed by atoms with E-state index in [4.69, 9.17) is 4.74 Å². The van der Waals surface area contributed by atoms with Crippen molar-refractivity contribution in [1.82, 2.24) is 14.9 Å². The lowest BCUT2D eigenvalue weighted by Gasteiger charge is -2.25. The molecule has 0 aliphatic carbocycles. The molecule has 0 unspecified atom stereocenters. The number of sulfonamides is 1. The average Bonchev–Trinajstić information content (AvgIpc) is 3.28. The number of rotatable bonds is 6. The zero-order valence-electron chi connectivity index (χ0n) is 14.4. The van der Waals surface area contributed by atoms with Gasteiger partial charge in [0.2, 0.25) is 0 Å². The number of ether oxygens (including phenoxy) is 1. The number of morpholine rings is 1. The molecule has 10 heteroatoms. The Labute approximate surface area is 161 Å². The standard InChI is InChI=1S/C16H21N3O4S3/c1-12-2-3-13(24-12)10-17-16(20)18-11-14-4-5-15(25-14)26(21,22)19-6-8-23-9-7-19/h2-5H,6-11H2,1H3,(H2,17,18,20). The van der Waals surface area contributed by atoms with Gasteiger partial charge in [0.25, 0.3) is 10.0 Å². The highest BCUT2D eigenvalue weighted by Gasteiger charge is 2.27. The minimum absolute atomic E-state index is 0.276. The first-order valence-corrected chi connectivity index (χ1v) is 11.3. The van der Waals surface area contributed by atoms with Crippen LogP contribution in [0.1, 0.15) is 14.6 Å². The second kappa shape index (κ2) is 8.49. The molecule has 0 atom stereocenters. The van der Waals surface area contributed by atoms with Crippen molar-refractivity contribution in [2.45, 2.75) is 24.2 Å². The zero-order chi connectivity index (χ0) is 18.6. The molecule has 2 amide bonds. The highest BCUT2D eigenvalue weighted by molar-refractivity contribution is 7.91. The van der Waals surface area contributed by atoms with Crippen LogP contribution in [-0.4, -0.2) is 45.1 Å². The van der Waals surface area contributed by atoms with Crippen LogP contribution in [0.15, 0.2) is 28.5 Å². The summed E-state index contributed by atoms with van der Waals surface area (Å²) < 4.78 is 32.1. The lowest BCUT2D eigenvalue weighted by atomic mass is 10.4. The Hall–Kier alpha value is -1.46. The Morgan fingerprint density at radius 3 is 2.31 bits per heavy atom. The predicted molar refractivity (Wildman–Crippen MR) is 102 cm³/mol. The van der Waals surface area contributed by atoms with Gasteiger partial charge in [-0.25, -0.2) is 13.2 Å². The Kier molecular flexibility index (Phi) is 6.30. The maximum Gasteiger partial charge on any atom is 0.315 e. The SMILES string of the molecule is Cc1ccc(CNC(=O)NCc2ccc(S(=O)(=O)N3CCOCC3)s2)s1. The molecule has 2 aromatic heterocycles. The van der Waals surface area contributed by atoms with Crippen molar-refractivity contribution < 1.29 is 17.9 Å². The Balaban J connectivity index is 1.50. The van der Waals surface area contributed by atoms with Gasteiger partial charge in [-0.2, -0.15) is 4.31 Å². The normalized spacial score (nSPS) is 15.7. The molecule has 7 nitrogen and oxygen atoms in total. The molecule has 0 bridgehead atoms. The fraction of sp³-hybridized carbons (Fsp3) is 0.438. The zero-order valence-corrected chi connectivity index (χ0v) is 16.8. The predicted octanol–water partition coefficient (Wildman–Crippen LogP) is 2.14. The first-order chi connectivity index (χ1) is 12.4. The molecule has 2 aromatic rings. The summed E-state index contributed by atoms with van der Waals surface area (Å²) >= 11 is 2.83. The Morgan fingerprint density at radius 1 is 1.08 bits per heavy atom. The van der Waals surface area contributed by atoms with E-state index in [1.807, 2.05) is 19.1 Å². The van der Waals surface area contributed by atoms with Crippen LogP contribution in [0.3, 0.4) is 0 Å². The number of aryl methyl sites for hydroxylation is 1. The molecule has 1 fully saturated rings. The Bertz CT molecular complexity index is 854. The molecule has 0 saturated carbocycles. The molecule has 1 aliphatic heterocycles. The van der Waals surface area contributed by atoms with E-state index >= 15 is 0 Å². The average molecular weight is 416 g/mol. The molecule has 142 valence electrons. The van der Waals surface area contributed by atoms with Crippen LogP contribution < -0.4 is 10.6 Å². The van der Waals surface area contributed by atoms with Crippen LogP contribution in [0.5, 0.6) is 0 Å². The minimum Gasteiger partial charge on any atom is -0.379 e. The summed E-state index contributed by atoms with van der Waals surface area (Å²) in [6.07, 6.45) is 0. The third kappa shape index (κ3) is 4.83. The molecule has 0 spiro atoms. The number of carbonyl (C=O) groups is 1. The van der Waals surface area contributed by atoms with Gasteiger partial charge in [-0.15, -0.1) is 22.7 Å². The van der Waals surface area contributed by atoms with Crippen LogP contribution in [0.4, 0.5) is 4.79 Å². The first-order valence-electron chi connectivity index (χ1n) is 8.19. The van der Waals surface area contributed by atoms with E-state index in [0.29, 0.717) is 43.6 Å². The highest BCUT2D eigenvalue weighted by atomic mass is 32.2. The second-order valence-electron chi connectivity index (χ2n) is 5.79. The summed E-state index contributed by atoms with van der Waals surface area (Å²) in [5, 5.41) is 5.55. The van der Waals surface area contributed by atoms with Crippen molar-refractivity contribution in [3.63, 3.8) is 0 Å². The summed E-state index contributed by atoms with van der Waals surface area (Å²) in [4.78, 5) is 15.0. The first kappa shape index (κ1) is 19.3. The van der Waals surface area contributed by atoms with Gasteiger partial charge in [-0.1, -0.05) is 0 Å². The molecular weight excluding hydrogens is 394 g/mol. The summed E-state index contributed by atoms with van der Waals surface area (Å²) in [6.45, 7) is 4.38. The second-order valence-corrected chi connectivity index (χ2v) is 10.5. The number of amides is 2. The van der Waals surface area contributed by atoms with E-state index in [9.17, 15) is 13.2 Å². The van der Waals surface area contributed by atoms with Crippen molar-refractivity contribution in [1.29, 1.82) is 0 Å². The monoisotopic (exact) mass is 415 g/mol. The number of hydrogen-bond donors (Lipinski definition) is 2. The van der Waals surface area contributed by atoms with Crippen molar-refractivity contribution >= 4 is 38.7 Å². The topological polar surface area (TPSA) is 87.7 Å². The molecule has 2 N–H and O–H groups in total. The fourth-order valence-electron chi connectivity index (χ4n) is 2.48. The summed E-state index contributed by atoms with van der Waals surface area (Å²) in [5.41, 5.74) is 0. The quantitative estimate of drug-likeness (QED) is 0.757.